The predicted octanol–water partition coefficient (Wildman–Crippen LogP) is 2.17. The number of nitrogens with two attached hydrogens (primary N) is 1. The van der Waals surface area contributed by atoms with E-state index in [2.05, 4.69) is 40.4 Å². The summed E-state index contributed by atoms with van der Waals surface area (Å²) in [5.41, 5.74) is 7.32. The molecular weight excluding hydrogens is 386 g/mol. The highest BCUT2D eigenvalue weighted by Crippen LogP contribution is 2.24. The Morgan fingerprint density at radius 3 is 2.73 bits per heavy atom. The van der Waals surface area contributed by atoms with Crippen LogP contribution in [0.5, 0.6) is 0 Å². The molecule has 4 rings (SSSR count). The van der Waals surface area contributed by atoms with Gasteiger partial charge in [-0.1, -0.05) is 25.9 Å². The van der Waals surface area contributed by atoms with Crippen LogP contribution < -0.4 is 11.1 Å². The molecule has 11 heteroatoms. The summed E-state index contributed by atoms with van der Waals surface area (Å²) in [6.45, 7) is 7.89. The van der Waals surface area contributed by atoms with E-state index in [1.807, 2.05) is 20.8 Å². The number of aromatic amines is 1. The van der Waals surface area contributed by atoms with Gasteiger partial charge < -0.3 is 20.6 Å². The Kier molecular flexibility index (Phi) is 4.65. The number of nitrogen functional groups attached to an aromatic ring is 1. The molecule has 4 aromatic rings. The number of hydrogen-bond acceptors (Lipinski definition) is 9. The van der Waals surface area contributed by atoms with Crippen molar-refractivity contribution in [2.24, 2.45) is 0 Å². The van der Waals surface area contributed by atoms with Gasteiger partial charge in [0.05, 0.1) is 12.2 Å². The first-order valence-electron chi connectivity index (χ1n) is 9.29. The van der Waals surface area contributed by atoms with E-state index in [4.69, 9.17) is 10.3 Å². The Labute approximate surface area is 171 Å². The lowest BCUT2D eigenvalue weighted by Crippen LogP contribution is -2.27. The van der Waals surface area contributed by atoms with E-state index in [0.29, 0.717) is 34.3 Å². The van der Waals surface area contributed by atoms with E-state index in [1.54, 1.807) is 19.2 Å². The van der Waals surface area contributed by atoms with E-state index < -0.39 is 11.9 Å². The topological polar surface area (TPSA) is 161 Å². The standard InChI is InChI=1S/C19H21N9O2/c1-9(24-17(29)11-6-14(20)23-8-22-11)13-5-10(28-30-13)15-25-12-7-21-18(19(2,3)4)27-16(12)26-15/h5-9H,1-4H3,(H,24,29)(H2,20,22,23)(H,21,25,26,27). The smallest absolute Gasteiger partial charge is 0.270 e. The first kappa shape index (κ1) is 19.4. The molecule has 1 atom stereocenters. The number of H-pyrrole nitrogens is 1. The summed E-state index contributed by atoms with van der Waals surface area (Å²) in [7, 11) is 0. The SMILES string of the molecule is CC(NC(=O)c1cc(N)ncn1)c1cc(-c2nc3nc(C(C)(C)C)ncc3[nH]2)no1. The highest BCUT2D eigenvalue weighted by molar-refractivity contribution is 5.93. The van der Waals surface area contributed by atoms with Crippen LogP contribution in [0.4, 0.5) is 5.82 Å². The predicted molar refractivity (Wildman–Crippen MR) is 108 cm³/mol. The van der Waals surface area contributed by atoms with Crippen molar-refractivity contribution in [1.29, 1.82) is 0 Å². The quantitative estimate of drug-likeness (QED) is 0.460. The molecule has 0 radical (unpaired) electrons. The zero-order chi connectivity index (χ0) is 21.5. The number of nitrogens with one attached hydrogen (secondary N) is 2. The van der Waals surface area contributed by atoms with Crippen LogP contribution in [0.25, 0.3) is 22.7 Å². The molecular formula is C19H21N9O2. The largest absolute Gasteiger partial charge is 0.384 e. The minimum Gasteiger partial charge on any atom is -0.384 e. The molecule has 4 N–H and O–H groups in total. The highest BCUT2D eigenvalue weighted by atomic mass is 16.5. The van der Waals surface area contributed by atoms with Crippen molar-refractivity contribution >= 4 is 22.9 Å². The highest BCUT2D eigenvalue weighted by Gasteiger charge is 2.21. The van der Waals surface area contributed by atoms with Gasteiger partial charge in [-0.05, 0) is 6.92 Å². The van der Waals surface area contributed by atoms with Gasteiger partial charge in [-0.25, -0.2) is 24.9 Å². The minimum atomic E-state index is -0.452. The van der Waals surface area contributed by atoms with Crippen molar-refractivity contribution < 1.29 is 9.32 Å². The number of nitrogens with zero attached hydrogens (tertiary/aromatic N) is 6. The molecule has 1 amide bonds. The van der Waals surface area contributed by atoms with Crippen molar-refractivity contribution in [3.05, 3.63) is 41.9 Å². The molecule has 4 heterocycles. The van der Waals surface area contributed by atoms with Gasteiger partial charge >= 0.3 is 0 Å². The molecule has 0 bridgehead atoms. The Bertz CT molecular complexity index is 1220. The molecule has 0 aliphatic rings. The van der Waals surface area contributed by atoms with E-state index in [9.17, 15) is 4.79 Å². The average Bonchev–Trinajstić information content (AvgIpc) is 3.33. The number of amides is 1. The zero-order valence-corrected chi connectivity index (χ0v) is 17.0. The molecule has 0 fully saturated rings. The number of fused-ring (bicyclic) bond motifs is 1. The second-order valence-electron chi connectivity index (χ2n) is 7.90. The summed E-state index contributed by atoms with van der Waals surface area (Å²) in [6.07, 6.45) is 2.94. The van der Waals surface area contributed by atoms with Gasteiger partial charge in [-0.2, -0.15) is 0 Å². The molecule has 0 aliphatic carbocycles. The van der Waals surface area contributed by atoms with Crippen molar-refractivity contribution in [3.8, 4) is 11.5 Å². The molecule has 1 unspecified atom stereocenters. The van der Waals surface area contributed by atoms with Crippen molar-refractivity contribution in [3.63, 3.8) is 0 Å². The number of carbonyl (C=O) groups excluding carboxylic acids is 1. The van der Waals surface area contributed by atoms with E-state index >= 15 is 0 Å². The summed E-state index contributed by atoms with van der Waals surface area (Å²) in [5.74, 6) is 1.48. The number of aromatic nitrogens is 7. The molecule has 154 valence electrons. The van der Waals surface area contributed by atoms with Crippen molar-refractivity contribution in [2.45, 2.75) is 39.2 Å². The summed E-state index contributed by atoms with van der Waals surface area (Å²) in [6, 6.07) is 2.65. The monoisotopic (exact) mass is 407 g/mol. The Hall–Kier alpha value is -3.89. The Morgan fingerprint density at radius 1 is 1.20 bits per heavy atom. The van der Waals surface area contributed by atoms with Gasteiger partial charge in [0.2, 0.25) is 0 Å². The molecule has 30 heavy (non-hydrogen) atoms. The van der Waals surface area contributed by atoms with E-state index in [1.165, 1.54) is 12.4 Å². The van der Waals surface area contributed by atoms with Crippen LogP contribution in [0.3, 0.4) is 0 Å². The second kappa shape index (κ2) is 7.17. The first-order chi connectivity index (χ1) is 14.2. The van der Waals surface area contributed by atoms with Gasteiger partial charge in [0, 0.05) is 17.5 Å². The number of hydrogen-bond donors (Lipinski definition) is 3. The maximum Gasteiger partial charge on any atom is 0.270 e. The zero-order valence-electron chi connectivity index (χ0n) is 17.0. The van der Waals surface area contributed by atoms with Crippen LogP contribution in [0.2, 0.25) is 0 Å². The Balaban J connectivity index is 1.54. The third-order valence-corrected chi connectivity index (χ3v) is 4.38. The fourth-order valence-corrected chi connectivity index (χ4v) is 2.73. The first-order valence-corrected chi connectivity index (χ1v) is 9.29. The van der Waals surface area contributed by atoms with Crippen molar-refractivity contribution in [2.75, 3.05) is 5.73 Å². The molecule has 0 aromatic carbocycles. The van der Waals surface area contributed by atoms with Gasteiger partial charge in [0.25, 0.3) is 5.91 Å². The fourth-order valence-electron chi connectivity index (χ4n) is 2.73. The number of carbonyl (C=O) groups is 1. The van der Waals surface area contributed by atoms with E-state index in [-0.39, 0.29) is 16.9 Å². The number of imidazole rings is 1. The van der Waals surface area contributed by atoms with E-state index in [0.717, 1.165) is 0 Å². The van der Waals surface area contributed by atoms with Gasteiger partial charge in [-0.3, -0.25) is 4.79 Å². The van der Waals surface area contributed by atoms with Crippen LogP contribution in [0.1, 0.15) is 55.8 Å². The lowest BCUT2D eigenvalue weighted by Gasteiger charge is -2.15. The second-order valence-corrected chi connectivity index (χ2v) is 7.90. The average molecular weight is 407 g/mol. The maximum absolute atomic E-state index is 12.3. The lowest BCUT2D eigenvalue weighted by atomic mass is 9.96. The summed E-state index contributed by atoms with van der Waals surface area (Å²) in [5, 5.41) is 6.84. The minimum absolute atomic E-state index is 0.166. The van der Waals surface area contributed by atoms with Crippen LogP contribution >= 0.6 is 0 Å². The molecule has 0 saturated carbocycles. The summed E-state index contributed by atoms with van der Waals surface area (Å²) >= 11 is 0. The third-order valence-electron chi connectivity index (χ3n) is 4.38. The molecule has 11 nitrogen and oxygen atoms in total. The molecule has 4 aromatic heterocycles. The summed E-state index contributed by atoms with van der Waals surface area (Å²) in [4.78, 5) is 36.6. The molecule has 0 spiro atoms. The number of rotatable bonds is 4. The molecule has 0 saturated heterocycles. The van der Waals surface area contributed by atoms with Crippen molar-refractivity contribution in [1.82, 2.24) is 40.4 Å². The lowest BCUT2D eigenvalue weighted by molar-refractivity contribution is 0.0928. The van der Waals surface area contributed by atoms with Gasteiger partial charge in [-0.15, -0.1) is 0 Å². The third kappa shape index (κ3) is 3.81. The summed E-state index contributed by atoms with van der Waals surface area (Å²) < 4.78 is 5.40. The van der Waals surface area contributed by atoms with Crippen LogP contribution in [0.15, 0.2) is 29.2 Å². The fraction of sp³-hybridized carbons (Fsp3) is 0.316. The Morgan fingerprint density at radius 2 is 2.00 bits per heavy atom. The molecule has 0 aliphatic heterocycles. The number of anilines is 1. The van der Waals surface area contributed by atoms with Gasteiger partial charge in [0.1, 0.15) is 34.9 Å². The van der Waals surface area contributed by atoms with Gasteiger partial charge in [0.15, 0.2) is 17.2 Å². The van der Waals surface area contributed by atoms with Crippen LogP contribution in [-0.4, -0.2) is 41.0 Å². The van der Waals surface area contributed by atoms with Crippen LogP contribution in [0, 0.1) is 0 Å². The normalized spacial score (nSPS) is 12.8. The maximum atomic E-state index is 12.3. The van der Waals surface area contributed by atoms with Crippen LogP contribution in [-0.2, 0) is 5.41 Å².